The molecule has 0 fully saturated rings. The number of rotatable bonds is 8. The third-order valence-corrected chi connectivity index (χ3v) is 5.12. The van der Waals surface area contributed by atoms with Crippen LogP contribution < -0.4 is 0 Å². The molecule has 29 heavy (non-hydrogen) atoms. The first-order valence-corrected chi connectivity index (χ1v) is 9.93. The minimum atomic E-state index is -0.518. The summed E-state index contributed by atoms with van der Waals surface area (Å²) in [5.41, 5.74) is 2.60. The van der Waals surface area contributed by atoms with Crippen LogP contribution in [0.5, 0.6) is 0 Å². The molecular formula is C21H20N2O5S. The van der Waals surface area contributed by atoms with Gasteiger partial charge in [0.25, 0.3) is 0 Å². The second kappa shape index (κ2) is 9.88. The molecular weight excluding hydrogens is 392 g/mol. The summed E-state index contributed by atoms with van der Waals surface area (Å²) in [7, 11) is 0. The average molecular weight is 412 g/mol. The van der Waals surface area contributed by atoms with Gasteiger partial charge in [0, 0.05) is 17.5 Å². The SMILES string of the molecule is Cc1noc(C)c1CSc1ncccc1C(=O)OCCOC(=O)c1ccccc1. The van der Waals surface area contributed by atoms with E-state index < -0.39 is 11.9 Å². The van der Waals surface area contributed by atoms with Crippen molar-refractivity contribution >= 4 is 23.7 Å². The molecule has 0 aliphatic heterocycles. The number of carbonyl (C=O) groups excluding carboxylic acids is 2. The van der Waals surface area contributed by atoms with Crippen molar-refractivity contribution in [3.63, 3.8) is 0 Å². The van der Waals surface area contributed by atoms with E-state index in [2.05, 4.69) is 10.1 Å². The molecule has 0 aliphatic rings. The number of benzene rings is 1. The molecule has 3 rings (SSSR count). The van der Waals surface area contributed by atoms with Crippen LogP contribution in [0.1, 0.15) is 37.7 Å². The van der Waals surface area contributed by atoms with Crippen molar-refractivity contribution in [3.05, 3.63) is 76.8 Å². The molecule has 7 nitrogen and oxygen atoms in total. The summed E-state index contributed by atoms with van der Waals surface area (Å²) in [6.07, 6.45) is 1.62. The molecule has 0 atom stereocenters. The van der Waals surface area contributed by atoms with Crippen molar-refractivity contribution in [1.82, 2.24) is 10.1 Å². The number of thioether (sulfide) groups is 1. The van der Waals surface area contributed by atoms with Crippen LogP contribution in [-0.4, -0.2) is 35.3 Å². The second-order valence-electron chi connectivity index (χ2n) is 6.09. The van der Waals surface area contributed by atoms with Gasteiger partial charge in [0.05, 0.1) is 16.8 Å². The van der Waals surface area contributed by atoms with Crippen LogP contribution in [0.25, 0.3) is 0 Å². The summed E-state index contributed by atoms with van der Waals surface area (Å²) in [5.74, 6) is 0.344. The summed E-state index contributed by atoms with van der Waals surface area (Å²) in [4.78, 5) is 28.6. The monoisotopic (exact) mass is 412 g/mol. The summed E-state index contributed by atoms with van der Waals surface area (Å²) >= 11 is 1.41. The van der Waals surface area contributed by atoms with E-state index in [-0.39, 0.29) is 13.2 Å². The predicted octanol–water partition coefficient (Wildman–Crippen LogP) is 3.99. The molecule has 2 heterocycles. The highest BCUT2D eigenvalue weighted by Gasteiger charge is 2.17. The first-order valence-electron chi connectivity index (χ1n) is 8.95. The quantitative estimate of drug-likeness (QED) is 0.312. The lowest BCUT2D eigenvalue weighted by Gasteiger charge is -2.09. The van der Waals surface area contributed by atoms with E-state index in [9.17, 15) is 9.59 Å². The van der Waals surface area contributed by atoms with Crippen LogP contribution in [0.15, 0.2) is 58.2 Å². The Bertz CT molecular complexity index is 968. The van der Waals surface area contributed by atoms with Crippen molar-refractivity contribution in [3.8, 4) is 0 Å². The van der Waals surface area contributed by atoms with Crippen molar-refractivity contribution in [1.29, 1.82) is 0 Å². The normalized spacial score (nSPS) is 10.6. The van der Waals surface area contributed by atoms with Crippen molar-refractivity contribution < 1.29 is 23.6 Å². The third kappa shape index (κ3) is 5.45. The minimum absolute atomic E-state index is 0.0265. The number of hydrogen-bond donors (Lipinski definition) is 0. The summed E-state index contributed by atoms with van der Waals surface area (Å²) in [5, 5.41) is 4.48. The van der Waals surface area contributed by atoms with E-state index in [1.807, 2.05) is 19.9 Å². The maximum absolute atomic E-state index is 12.4. The van der Waals surface area contributed by atoms with Gasteiger partial charge in [0.15, 0.2) is 0 Å². The molecule has 0 bridgehead atoms. The highest BCUT2D eigenvalue weighted by molar-refractivity contribution is 7.98. The fourth-order valence-electron chi connectivity index (χ4n) is 2.51. The zero-order valence-electron chi connectivity index (χ0n) is 16.1. The maximum Gasteiger partial charge on any atom is 0.341 e. The number of carbonyl (C=O) groups is 2. The van der Waals surface area contributed by atoms with E-state index in [1.165, 1.54) is 11.8 Å². The van der Waals surface area contributed by atoms with E-state index in [1.54, 1.807) is 42.6 Å². The van der Waals surface area contributed by atoms with E-state index in [0.29, 0.717) is 21.9 Å². The topological polar surface area (TPSA) is 91.5 Å². The second-order valence-corrected chi connectivity index (χ2v) is 7.05. The fourth-order valence-corrected chi connectivity index (χ4v) is 3.65. The number of nitrogens with zero attached hydrogens (tertiary/aromatic N) is 2. The molecule has 0 amide bonds. The molecule has 0 saturated heterocycles. The largest absolute Gasteiger partial charge is 0.458 e. The van der Waals surface area contributed by atoms with Gasteiger partial charge in [-0.2, -0.15) is 0 Å². The highest BCUT2D eigenvalue weighted by Crippen LogP contribution is 2.27. The Morgan fingerprint density at radius 1 is 1.00 bits per heavy atom. The molecule has 0 N–H and O–H groups in total. The lowest BCUT2D eigenvalue weighted by Crippen LogP contribution is -2.15. The standard InChI is InChI=1S/C21H20N2O5S/c1-14-18(15(2)28-23-14)13-29-19-17(9-6-10-22-19)21(25)27-12-11-26-20(24)16-7-4-3-5-8-16/h3-10H,11-13H2,1-2H3. The van der Waals surface area contributed by atoms with Crippen LogP contribution in [0.3, 0.4) is 0 Å². The van der Waals surface area contributed by atoms with Gasteiger partial charge in [-0.25, -0.2) is 14.6 Å². The minimum Gasteiger partial charge on any atom is -0.458 e. The van der Waals surface area contributed by atoms with Gasteiger partial charge in [0.2, 0.25) is 0 Å². The molecule has 1 aromatic carbocycles. The van der Waals surface area contributed by atoms with Crippen LogP contribution in [0, 0.1) is 13.8 Å². The Kier molecular flexibility index (Phi) is 7.02. The van der Waals surface area contributed by atoms with E-state index in [4.69, 9.17) is 14.0 Å². The molecule has 8 heteroatoms. The Hall–Kier alpha value is -3.13. The smallest absolute Gasteiger partial charge is 0.341 e. The van der Waals surface area contributed by atoms with Crippen molar-refractivity contribution in [2.75, 3.05) is 13.2 Å². The lowest BCUT2D eigenvalue weighted by molar-refractivity contribution is 0.0263. The number of aromatic nitrogens is 2. The Morgan fingerprint density at radius 3 is 2.41 bits per heavy atom. The number of ether oxygens (including phenoxy) is 2. The molecule has 0 aliphatic carbocycles. The number of hydrogen-bond acceptors (Lipinski definition) is 8. The number of aryl methyl sites for hydroxylation is 2. The zero-order chi connectivity index (χ0) is 20.6. The number of esters is 2. The fraction of sp³-hybridized carbons (Fsp3) is 0.238. The van der Waals surface area contributed by atoms with Crippen molar-refractivity contribution in [2.45, 2.75) is 24.6 Å². The number of pyridine rings is 1. The predicted molar refractivity (Wildman–Crippen MR) is 107 cm³/mol. The van der Waals surface area contributed by atoms with Crippen molar-refractivity contribution in [2.24, 2.45) is 0 Å². The summed E-state index contributed by atoms with van der Waals surface area (Å²) in [6.45, 7) is 3.65. The molecule has 0 radical (unpaired) electrons. The van der Waals surface area contributed by atoms with Gasteiger partial charge in [-0.05, 0) is 38.1 Å². The maximum atomic E-state index is 12.4. The molecule has 3 aromatic rings. The molecule has 2 aromatic heterocycles. The molecule has 0 saturated carbocycles. The highest BCUT2D eigenvalue weighted by atomic mass is 32.2. The molecule has 150 valence electrons. The Morgan fingerprint density at radius 2 is 1.72 bits per heavy atom. The van der Waals surface area contributed by atoms with E-state index >= 15 is 0 Å². The molecule has 0 unspecified atom stereocenters. The van der Waals surface area contributed by atoms with Crippen LogP contribution in [0.2, 0.25) is 0 Å². The van der Waals surface area contributed by atoms with Crippen LogP contribution in [0.4, 0.5) is 0 Å². The summed E-state index contributed by atoms with van der Waals surface area (Å²) in [6, 6.07) is 12.0. The Labute approximate surface area is 172 Å². The van der Waals surface area contributed by atoms with Gasteiger partial charge >= 0.3 is 11.9 Å². The van der Waals surface area contributed by atoms with Crippen LogP contribution in [-0.2, 0) is 15.2 Å². The zero-order valence-corrected chi connectivity index (χ0v) is 16.9. The van der Waals surface area contributed by atoms with Gasteiger partial charge in [0.1, 0.15) is 24.0 Å². The van der Waals surface area contributed by atoms with Crippen LogP contribution >= 0.6 is 11.8 Å². The average Bonchev–Trinajstić information content (AvgIpc) is 3.07. The van der Waals surface area contributed by atoms with E-state index in [0.717, 1.165) is 17.0 Å². The third-order valence-electron chi connectivity index (χ3n) is 4.08. The summed E-state index contributed by atoms with van der Waals surface area (Å²) < 4.78 is 15.5. The Balaban J connectivity index is 1.52. The first kappa shape index (κ1) is 20.6. The van der Waals surface area contributed by atoms with Gasteiger partial charge in [-0.1, -0.05) is 23.4 Å². The van der Waals surface area contributed by atoms with Gasteiger partial charge in [-0.3, -0.25) is 0 Å². The molecule has 0 spiro atoms. The first-order chi connectivity index (χ1) is 14.1. The van der Waals surface area contributed by atoms with Gasteiger partial charge < -0.3 is 14.0 Å². The lowest BCUT2D eigenvalue weighted by atomic mass is 10.2. The van der Waals surface area contributed by atoms with Gasteiger partial charge in [-0.15, -0.1) is 11.8 Å².